The highest BCUT2D eigenvalue weighted by Crippen LogP contribution is 2.34. The second-order valence-corrected chi connectivity index (χ2v) is 6.60. The highest BCUT2D eigenvalue weighted by Gasteiger charge is 2.20. The summed E-state index contributed by atoms with van der Waals surface area (Å²) in [7, 11) is 0. The summed E-state index contributed by atoms with van der Waals surface area (Å²) in [6, 6.07) is 9.55. The molecule has 1 aliphatic rings. The van der Waals surface area contributed by atoms with Crippen molar-refractivity contribution < 1.29 is 8.78 Å². The molecule has 0 heterocycles. The molecule has 0 aromatic heterocycles. The van der Waals surface area contributed by atoms with Crippen molar-refractivity contribution >= 4 is 23.4 Å². The molecule has 0 spiro atoms. The molecule has 5 heteroatoms. The standard InChI is InChI=1S/C16H14ClF2NS/c17-11-1-6-15(10(7-11)9-20-13-3-4-13)21-16-8-12(18)2-5-14(16)19/h1-2,5-8,13,20H,3-4,9H2. The van der Waals surface area contributed by atoms with Gasteiger partial charge in [0.25, 0.3) is 0 Å². The van der Waals surface area contributed by atoms with Gasteiger partial charge in [-0.3, -0.25) is 0 Å². The van der Waals surface area contributed by atoms with Crippen molar-refractivity contribution in [2.45, 2.75) is 35.2 Å². The topological polar surface area (TPSA) is 12.0 Å². The van der Waals surface area contributed by atoms with Crippen LogP contribution in [0.5, 0.6) is 0 Å². The van der Waals surface area contributed by atoms with Crippen molar-refractivity contribution in [3.05, 3.63) is 58.6 Å². The molecule has 1 N–H and O–H groups in total. The van der Waals surface area contributed by atoms with Crippen LogP contribution >= 0.6 is 23.4 Å². The predicted octanol–water partition coefficient (Wildman–Crippen LogP) is 5.02. The van der Waals surface area contributed by atoms with E-state index in [2.05, 4.69) is 5.32 Å². The van der Waals surface area contributed by atoms with E-state index >= 15 is 0 Å². The van der Waals surface area contributed by atoms with Gasteiger partial charge in [0, 0.05) is 22.5 Å². The number of rotatable bonds is 5. The molecular weight excluding hydrogens is 312 g/mol. The Morgan fingerprint density at radius 1 is 1.10 bits per heavy atom. The molecule has 0 radical (unpaired) electrons. The van der Waals surface area contributed by atoms with Gasteiger partial charge in [0.05, 0.1) is 4.90 Å². The minimum atomic E-state index is -0.439. The molecule has 2 aromatic carbocycles. The van der Waals surface area contributed by atoms with Crippen LogP contribution in [0.25, 0.3) is 0 Å². The molecule has 3 rings (SSSR count). The molecule has 0 atom stereocenters. The Morgan fingerprint density at radius 3 is 2.67 bits per heavy atom. The first-order chi connectivity index (χ1) is 10.1. The van der Waals surface area contributed by atoms with Gasteiger partial charge in [-0.25, -0.2) is 8.78 Å². The predicted molar refractivity (Wildman–Crippen MR) is 81.8 cm³/mol. The Bertz CT molecular complexity index is 659. The fourth-order valence-corrected chi connectivity index (χ4v) is 3.17. The van der Waals surface area contributed by atoms with Gasteiger partial charge in [-0.1, -0.05) is 23.4 Å². The van der Waals surface area contributed by atoms with Gasteiger partial charge in [-0.05, 0) is 54.8 Å². The van der Waals surface area contributed by atoms with Crippen LogP contribution in [-0.2, 0) is 6.54 Å². The third kappa shape index (κ3) is 3.96. The molecule has 2 aromatic rings. The first kappa shape index (κ1) is 14.8. The Balaban J connectivity index is 1.84. The number of benzene rings is 2. The van der Waals surface area contributed by atoms with Crippen LogP contribution in [0.4, 0.5) is 8.78 Å². The Kier molecular flexibility index (Phi) is 4.48. The smallest absolute Gasteiger partial charge is 0.137 e. The number of hydrogen-bond donors (Lipinski definition) is 1. The molecule has 110 valence electrons. The van der Waals surface area contributed by atoms with Gasteiger partial charge in [0.1, 0.15) is 11.6 Å². The summed E-state index contributed by atoms with van der Waals surface area (Å²) < 4.78 is 27.0. The highest BCUT2D eigenvalue weighted by atomic mass is 35.5. The minimum absolute atomic E-state index is 0.282. The van der Waals surface area contributed by atoms with Crippen LogP contribution in [0, 0.1) is 11.6 Å². The molecule has 1 fully saturated rings. The molecular formula is C16H14ClF2NS. The Labute approximate surface area is 131 Å². The number of hydrogen-bond acceptors (Lipinski definition) is 2. The summed E-state index contributed by atoms with van der Waals surface area (Å²) in [5, 5.41) is 4.06. The van der Waals surface area contributed by atoms with Crippen LogP contribution < -0.4 is 5.32 Å². The van der Waals surface area contributed by atoms with E-state index in [1.54, 1.807) is 6.07 Å². The summed E-state index contributed by atoms with van der Waals surface area (Å²) in [5.74, 6) is -0.858. The zero-order valence-corrected chi connectivity index (χ0v) is 12.8. The fraction of sp³-hybridized carbons (Fsp3) is 0.250. The maximum absolute atomic E-state index is 13.8. The van der Waals surface area contributed by atoms with E-state index in [9.17, 15) is 8.78 Å². The van der Waals surface area contributed by atoms with E-state index in [1.807, 2.05) is 12.1 Å². The summed E-state index contributed by atoms with van der Waals surface area (Å²) in [6.45, 7) is 0.685. The van der Waals surface area contributed by atoms with Crippen molar-refractivity contribution in [3.8, 4) is 0 Å². The Hall–Kier alpha value is -1.10. The molecule has 0 aliphatic heterocycles. The number of nitrogens with one attached hydrogen (secondary N) is 1. The molecule has 21 heavy (non-hydrogen) atoms. The second kappa shape index (κ2) is 6.34. The lowest BCUT2D eigenvalue weighted by molar-refractivity contribution is 0.577. The van der Waals surface area contributed by atoms with Gasteiger partial charge in [0.2, 0.25) is 0 Å². The maximum Gasteiger partial charge on any atom is 0.137 e. The third-order valence-corrected chi connectivity index (χ3v) is 4.68. The van der Waals surface area contributed by atoms with Crippen LogP contribution in [0.15, 0.2) is 46.2 Å². The molecule has 0 amide bonds. The zero-order valence-electron chi connectivity index (χ0n) is 11.2. The van der Waals surface area contributed by atoms with Crippen molar-refractivity contribution in [1.82, 2.24) is 5.32 Å². The van der Waals surface area contributed by atoms with Gasteiger partial charge in [-0.2, -0.15) is 0 Å². The molecule has 1 aliphatic carbocycles. The van der Waals surface area contributed by atoms with Crippen LogP contribution in [0.1, 0.15) is 18.4 Å². The van der Waals surface area contributed by atoms with E-state index in [1.165, 1.54) is 30.7 Å². The maximum atomic E-state index is 13.8. The summed E-state index contributed by atoms with van der Waals surface area (Å²) in [6.07, 6.45) is 2.39. The quantitative estimate of drug-likeness (QED) is 0.828. The average molecular weight is 326 g/mol. The monoisotopic (exact) mass is 325 g/mol. The molecule has 1 saturated carbocycles. The van der Waals surface area contributed by atoms with Crippen LogP contribution in [0.2, 0.25) is 5.02 Å². The van der Waals surface area contributed by atoms with E-state index < -0.39 is 11.6 Å². The van der Waals surface area contributed by atoms with Crippen LogP contribution in [0.3, 0.4) is 0 Å². The average Bonchev–Trinajstić information content (AvgIpc) is 3.27. The first-order valence-electron chi connectivity index (χ1n) is 6.76. The summed E-state index contributed by atoms with van der Waals surface area (Å²) >= 11 is 7.26. The number of halogens is 3. The lowest BCUT2D eigenvalue weighted by Gasteiger charge is -2.11. The van der Waals surface area contributed by atoms with E-state index in [-0.39, 0.29) is 4.90 Å². The Morgan fingerprint density at radius 2 is 1.90 bits per heavy atom. The van der Waals surface area contributed by atoms with Crippen LogP contribution in [-0.4, -0.2) is 6.04 Å². The fourth-order valence-electron chi connectivity index (χ4n) is 2.00. The lowest BCUT2D eigenvalue weighted by atomic mass is 10.2. The van der Waals surface area contributed by atoms with Gasteiger partial charge < -0.3 is 5.32 Å². The molecule has 0 unspecified atom stereocenters. The normalized spacial score (nSPS) is 14.4. The van der Waals surface area contributed by atoms with Crippen molar-refractivity contribution in [3.63, 3.8) is 0 Å². The van der Waals surface area contributed by atoms with Gasteiger partial charge in [0.15, 0.2) is 0 Å². The van der Waals surface area contributed by atoms with E-state index in [0.717, 1.165) is 22.6 Å². The van der Waals surface area contributed by atoms with E-state index in [4.69, 9.17) is 11.6 Å². The third-order valence-electron chi connectivity index (χ3n) is 3.29. The molecule has 1 nitrogen and oxygen atoms in total. The minimum Gasteiger partial charge on any atom is -0.310 e. The van der Waals surface area contributed by atoms with Crippen molar-refractivity contribution in [1.29, 1.82) is 0 Å². The first-order valence-corrected chi connectivity index (χ1v) is 7.96. The summed E-state index contributed by atoms with van der Waals surface area (Å²) in [5.41, 5.74) is 1.00. The van der Waals surface area contributed by atoms with Gasteiger partial charge in [-0.15, -0.1) is 0 Å². The summed E-state index contributed by atoms with van der Waals surface area (Å²) in [4.78, 5) is 1.17. The van der Waals surface area contributed by atoms with Gasteiger partial charge >= 0.3 is 0 Å². The molecule has 0 saturated heterocycles. The zero-order chi connectivity index (χ0) is 14.8. The van der Waals surface area contributed by atoms with Crippen molar-refractivity contribution in [2.75, 3.05) is 0 Å². The second-order valence-electron chi connectivity index (χ2n) is 5.08. The highest BCUT2D eigenvalue weighted by molar-refractivity contribution is 7.99. The van der Waals surface area contributed by atoms with E-state index in [0.29, 0.717) is 17.6 Å². The SMILES string of the molecule is Fc1ccc(F)c(Sc2ccc(Cl)cc2CNC2CC2)c1. The van der Waals surface area contributed by atoms with Crippen molar-refractivity contribution in [2.24, 2.45) is 0 Å². The largest absolute Gasteiger partial charge is 0.310 e. The molecule has 0 bridgehead atoms. The lowest BCUT2D eigenvalue weighted by Crippen LogP contribution is -2.15.